The average molecular weight is 310 g/mol. The Labute approximate surface area is 109 Å². The van der Waals surface area contributed by atoms with Gasteiger partial charge in [0.25, 0.3) is 5.56 Å². The summed E-state index contributed by atoms with van der Waals surface area (Å²) in [5.41, 5.74) is 1.60. The molecule has 0 unspecified atom stereocenters. The molecule has 0 aliphatic rings. The highest BCUT2D eigenvalue weighted by atomic mass is 79.9. The third-order valence-electron chi connectivity index (χ3n) is 2.47. The molecule has 0 amide bonds. The van der Waals surface area contributed by atoms with Crippen molar-refractivity contribution >= 4 is 37.5 Å². The average Bonchev–Trinajstić information content (AvgIpc) is 2.86. The summed E-state index contributed by atoms with van der Waals surface area (Å²) in [6, 6.07) is 7.82. The number of aromatic nitrogens is 3. The Morgan fingerprint density at radius 3 is 2.82 bits per heavy atom. The van der Waals surface area contributed by atoms with E-state index in [0.29, 0.717) is 9.60 Å². The molecule has 0 aliphatic heterocycles. The first-order chi connectivity index (χ1) is 8.16. The lowest BCUT2D eigenvalue weighted by molar-refractivity contribution is 0.829. The van der Waals surface area contributed by atoms with E-state index < -0.39 is 0 Å². The predicted octanol–water partition coefficient (Wildman–Crippen LogP) is 2.85. The topological polar surface area (TPSA) is 50.7 Å². The van der Waals surface area contributed by atoms with Crippen molar-refractivity contribution in [1.82, 2.24) is 14.8 Å². The number of hydrogen-bond donors (Lipinski definition) is 1. The molecule has 2 aromatic heterocycles. The fourth-order valence-electron chi connectivity index (χ4n) is 1.62. The van der Waals surface area contributed by atoms with E-state index in [1.54, 1.807) is 0 Å². The lowest BCUT2D eigenvalue weighted by atomic mass is 10.3. The van der Waals surface area contributed by atoms with E-state index in [2.05, 4.69) is 26.0 Å². The van der Waals surface area contributed by atoms with E-state index >= 15 is 0 Å². The van der Waals surface area contributed by atoms with Crippen LogP contribution in [0.4, 0.5) is 0 Å². The van der Waals surface area contributed by atoms with Crippen molar-refractivity contribution in [3.63, 3.8) is 0 Å². The van der Waals surface area contributed by atoms with Gasteiger partial charge in [-0.15, -0.1) is 0 Å². The second-order valence-corrected chi connectivity index (χ2v) is 5.46. The molecule has 0 saturated carbocycles. The van der Waals surface area contributed by atoms with Gasteiger partial charge < -0.3 is 0 Å². The number of halogens is 1. The molecular formula is C11H8BrN3OS. The van der Waals surface area contributed by atoms with Crippen molar-refractivity contribution in [2.24, 2.45) is 0 Å². The van der Waals surface area contributed by atoms with Crippen molar-refractivity contribution < 1.29 is 0 Å². The first kappa shape index (κ1) is 10.7. The van der Waals surface area contributed by atoms with Crippen molar-refractivity contribution in [3.8, 4) is 5.13 Å². The molecule has 1 aromatic carbocycles. The summed E-state index contributed by atoms with van der Waals surface area (Å²) in [4.78, 5) is 16.3. The fraction of sp³-hybridized carbons (Fsp3) is 0.0909. The summed E-state index contributed by atoms with van der Waals surface area (Å²) in [7, 11) is 0. The number of nitrogens with zero attached hydrogens (tertiary/aromatic N) is 2. The molecule has 1 N–H and O–H groups in total. The van der Waals surface area contributed by atoms with Gasteiger partial charge in [-0.1, -0.05) is 23.5 Å². The molecule has 86 valence electrons. The van der Waals surface area contributed by atoms with Crippen LogP contribution in [0.2, 0.25) is 0 Å². The highest BCUT2D eigenvalue weighted by Gasteiger charge is 2.12. The number of fused-ring (bicyclic) bond motifs is 1. The zero-order valence-corrected chi connectivity index (χ0v) is 11.3. The molecule has 0 radical (unpaired) electrons. The predicted molar refractivity (Wildman–Crippen MR) is 72.0 cm³/mol. The minimum Gasteiger partial charge on any atom is -0.292 e. The second-order valence-electron chi connectivity index (χ2n) is 3.66. The van der Waals surface area contributed by atoms with Crippen molar-refractivity contribution in [2.45, 2.75) is 6.92 Å². The number of para-hydroxylation sites is 1. The maximum absolute atomic E-state index is 11.9. The van der Waals surface area contributed by atoms with Gasteiger partial charge in [0.1, 0.15) is 4.47 Å². The quantitative estimate of drug-likeness (QED) is 0.751. The number of aromatic amines is 1. The van der Waals surface area contributed by atoms with Gasteiger partial charge in [0.05, 0.1) is 10.2 Å². The third-order valence-corrected chi connectivity index (χ3v) is 4.43. The van der Waals surface area contributed by atoms with Crippen LogP contribution < -0.4 is 5.56 Å². The number of rotatable bonds is 1. The fourth-order valence-corrected chi connectivity index (χ4v) is 2.81. The smallest absolute Gasteiger partial charge is 0.287 e. The molecule has 0 aliphatic carbocycles. The number of H-pyrrole nitrogens is 1. The largest absolute Gasteiger partial charge is 0.292 e. The summed E-state index contributed by atoms with van der Waals surface area (Å²) < 4.78 is 3.08. The molecule has 0 bridgehead atoms. The van der Waals surface area contributed by atoms with Crippen LogP contribution >= 0.6 is 27.3 Å². The maximum atomic E-state index is 11.9. The van der Waals surface area contributed by atoms with Crippen LogP contribution in [0.15, 0.2) is 33.5 Å². The summed E-state index contributed by atoms with van der Waals surface area (Å²) in [5, 5.41) is 3.65. The van der Waals surface area contributed by atoms with Crippen molar-refractivity contribution in [2.75, 3.05) is 0 Å². The number of nitrogens with one attached hydrogen (secondary N) is 1. The van der Waals surface area contributed by atoms with Crippen molar-refractivity contribution in [3.05, 3.63) is 44.8 Å². The highest BCUT2D eigenvalue weighted by molar-refractivity contribution is 9.10. The zero-order valence-electron chi connectivity index (χ0n) is 8.90. The number of benzene rings is 1. The molecular weight excluding hydrogens is 302 g/mol. The minimum absolute atomic E-state index is 0.110. The van der Waals surface area contributed by atoms with Crippen LogP contribution in [-0.2, 0) is 0 Å². The SMILES string of the molecule is Cc1[nH]n(-c2nc3ccccc3s2)c(=O)c1Br. The van der Waals surface area contributed by atoms with Crippen LogP contribution in [0.25, 0.3) is 15.3 Å². The molecule has 0 saturated heterocycles. The molecule has 6 heteroatoms. The van der Waals surface area contributed by atoms with E-state index in [-0.39, 0.29) is 5.56 Å². The van der Waals surface area contributed by atoms with Gasteiger partial charge in [0, 0.05) is 5.69 Å². The first-order valence-corrected chi connectivity index (χ1v) is 6.61. The van der Waals surface area contributed by atoms with Crippen LogP contribution in [0.5, 0.6) is 0 Å². The Morgan fingerprint density at radius 1 is 1.41 bits per heavy atom. The number of aryl methyl sites for hydroxylation is 1. The van der Waals surface area contributed by atoms with E-state index in [1.807, 2.05) is 31.2 Å². The van der Waals surface area contributed by atoms with Gasteiger partial charge >= 0.3 is 0 Å². The summed E-state index contributed by atoms with van der Waals surface area (Å²) in [6.07, 6.45) is 0. The Balaban J connectivity index is 2.27. The van der Waals surface area contributed by atoms with Crippen LogP contribution in [0, 0.1) is 6.92 Å². The monoisotopic (exact) mass is 309 g/mol. The van der Waals surface area contributed by atoms with Gasteiger partial charge in [0.2, 0.25) is 5.13 Å². The molecule has 0 fully saturated rings. The Kier molecular flexibility index (Phi) is 2.41. The van der Waals surface area contributed by atoms with Gasteiger partial charge in [-0.05, 0) is 35.0 Å². The van der Waals surface area contributed by atoms with Gasteiger partial charge in [-0.25, -0.2) is 4.98 Å². The molecule has 2 heterocycles. The van der Waals surface area contributed by atoms with Crippen LogP contribution in [0.3, 0.4) is 0 Å². The summed E-state index contributed by atoms with van der Waals surface area (Å²) in [6.45, 7) is 1.84. The normalized spacial score (nSPS) is 11.2. The summed E-state index contributed by atoms with van der Waals surface area (Å²) in [5.74, 6) is 0. The van der Waals surface area contributed by atoms with E-state index in [4.69, 9.17) is 0 Å². The Morgan fingerprint density at radius 2 is 2.18 bits per heavy atom. The Hall–Kier alpha value is -1.40. The molecule has 3 rings (SSSR count). The minimum atomic E-state index is -0.110. The highest BCUT2D eigenvalue weighted by Crippen LogP contribution is 2.24. The lowest BCUT2D eigenvalue weighted by Gasteiger charge is -1.92. The summed E-state index contributed by atoms with van der Waals surface area (Å²) >= 11 is 4.74. The molecule has 0 atom stereocenters. The Bertz CT molecular complexity index is 723. The molecule has 3 aromatic rings. The van der Waals surface area contributed by atoms with E-state index in [9.17, 15) is 4.79 Å². The lowest BCUT2D eigenvalue weighted by Crippen LogP contribution is -2.14. The zero-order chi connectivity index (χ0) is 12.0. The van der Waals surface area contributed by atoms with Crippen molar-refractivity contribution in [1.29, 1.82) is 0 Å². The van der Waals surface area contributed by atoms with Crippen LogP contribution in [0.1, 0.15) is 5.69 Å². The molecule has 0 spiro atoms. The molecule has 17 heavy (non-hydrogen) atoms. The van der Waals surface area contributed by atoms with E-state index in [0.717, 1.165) is 15.9 Å². The first-order valence-electron chi connectivity index (χ1n) is 5.00. The standard InChI is InChI=1S/C11H8BrN3OS/c1-6-9(12)10(16)15(14-6)11-13-7-4-2-3-5-8(7)17-11/h2-5,14H,1H3. The number of thiazole rings is 1. The van der Waals surface area contributed by atoms with E-state index in [1.165, 1.54) is 16.0 Å². The van der Waals surface area contributed by atoms with Crippen LogP contribution in [-0.4, -0.2) is 14.8 Å². The van der Waals surface area contributed by atoms with Gasteiger partial charge in [-0.3, -0.25) is 9.89 Å². The third kappa shape index (κ3) is 1.64. The molecule has 4 nitrogen and oxygen atoms in total. The number of hydrogen-bond acceptors (Lipinski definition) is 3. The maximum Gasteiger partial charge on any atom is 0.287 e. The second kappa shape index (κ2) is 3.82. The van der Waals surface area contributed by atoms with Gasteiger partial charge in [-0.2, -0.15) is 4.68 Å². The van der Waals surface area contributed by atoms with Gasteiger partial charge in [0.15, 0.2) is 0 Å².